The number of primary amides is 1. The number of rotatable bonds is 9. The maximum absolute atomic E-state index is 12.0. The molecular weight excluding hydrogens is 338 g/mol. The number of anilines is 1. The minimum atomic E-state index is -1.04. The number of ether oxygens (including phenoxy) is 1. The molecule has 0 aliphatic rings. The van der Waals surface area contributed by atoms with Crippen LogP contribution < -0.4 is 16.4 Å². The first kappa shape index (κ1) is 21.1. The predicted octanol–water partition coefficient (Wildman–Crippen LogP) is 1.21. The third-order valence-electron chi connectivity index (χ3n) is 3.49. The Labute approximate surface area is 152 Å². The summed E-state index contributed by atoms with van der Waals surface area (Å²) in [6.07, 6.45) is 0.0298. The summed E-state index contributed by atoms with van der Waals surface area (Å²) in [5.41, 5.74) is 5.89. The number of nitrogens with one attached hydrogen (secondary N) is 2. The zero-order valence-electron chi connectivity index (χ0n) is 15.2. The van der Waals surface area contributed by atoms with E-state index in [-0.39, 0.29) is 12.5 Å². The largest absolute Gasteiger partial charge is 0.451 e. The molecule has 0 saturated carbocycles. The Morgan fingerprint density at radius 2 is 1.69 bits per heavy atom. The average Bonchev–Trinajstić information content (AvgIpc) is 2.58. The smallest absolute Gasteiger partial charge is 0.326 e. The Morgan fingerprint density at radius 3 is 2.23 bits per heavy atom. The molecule has 8 nitrogen and oxygen atoms in total. The highest BCUT2D eigenvalue weighted by Crippen LogP contribution is 2.10. The van der Waals surface area contributed by atoms with Gasteiger partial charge in [-0.2, -0.15) is 0 Å². The average molecular weight is 363 g/mol. The van der Waals surface area contributed by atoms with Crippen LogP contribution in [0.2, 0.25) is 0 Å². The summed E-state index contributed by atoms with van der Waals surface area (Å²) in [5.74, 6) is -1.64. The van der Waals surface area contributed by atoms with Gasteiger partial charge in [0.2, 0.25) is 11.8 Å². The molecule has 1 aromatic rings. The SMILES string of the molecule is CC(C)CCC(=O)NCC(=O)OC(C)C(=O)Nc1ccc(C(N)=O)cc1. The zero-order chi connectivity index (χ0) is 19.7. The standard InChI is InChI=1S/C18H25N3O5/c1-11(2)4-9-15(22)20-10-16(23)26-12(3)18(25)21-14-7-5-13(6-8-14)17(19)24/h5-8,11-12H,4,9-10H2,1-3H3,(H2,19,24)(H,20,22)(H,21,25). The van der Waals surface area contributed by atoms with Crippen LogP contribution in [0, 0.1) is 5.92 Å². The minimum absolute atomic E-state index is 0.234. The van der Waals surface area contributed by atoms with Crippen LogP contribution in [-0.4, -0.2) is 36.3 Å². The molecule has 0 spiro atoms. The molecule has 0 aliphatic carbocycles. The molecule has 0 bridgehead atoms. The molecule has 0 heterocycles. The van der Waals surface area contributed by atoms with E-state index in [1.54, 1.807) is 0 Å². The number of esters is 1. The highest BCUT2D eigenvalue weighted by atomic mass is 16.5. The van der Waals surface area contributed by atoms with E-state index in [1.807, 2.05) is 13.8 Å². The predicted molar refractivity (Wildman–Crippen MR) is 96.2 cm³/mol. The molecule has 3 amide bonds. The van der Waals surface area contributed by atoms with E-state index in [4.69, 9.17) is 10.5 Å². The molecule has 1 aromatic carbocycles. The molecule has 1 rings (SSSR count). The van der Waals surface area contributed by atoms with Crippen molar-refractivity contribution in [3.8, 4) is 0 Å². The second-order valence-corrected chi connectivity index (χ2v) is 6.27. The van der Waals surface area contributed by atoms with E-state index in [2.05, 4.69) is 10.6 Å². The van der Waals surface area contributed by atoms with Gasteiger partial charge < -0.3 is 21.1 Å². The maximum atomic E-state index is 12.0. The summed E-state index contributed by atoms with van der Waals surface area (Å²) < 4.78 is 4.98. The van der Waals surface area contributed by atoms with Gasteiger partial charge in [0.1, 0.15) is 6.54 Å². The monoisotopic (exact) mass is 363 g/mol. The van der Waals surface area contributed by atoms with Crippen LogP contribution in [0.1, 0.15) is 44.0 Å². The lowest BCUT2D eigenvalue weighted by Gasteiger charge is -2.14. The third kappa shape index (κ3) is 7.78. The van der Waals surface area contributed by atoms with Crippen molar-refractivity contribution in [3.05, 3.63) is 29.8 Å². The molecule has 8 heteroatoms. The summed E-state index contributed by atoms with van der Waals surface area (Å²) in [7, 11) is 0. The molecule has 142 valence electrons. The van der Waals surface area contributed by atoms with Gasteiger partial charge in [0.25, 0.3) is 5.91 Å². The van der Waals surface area contributed by atoms with Crippen LogP contribution in [0.4, 0.5) is 5.69 Å². The van der Waals surface area contributed by atoms with Gasteiger partial charge in [0, 0.05) is 17.7 Å². The number of benzene rings is 1. The lowest BCUT2D eigenvalue weighted by molar-refractivity contribution is -0.152. The van der Waals surface area contributed by atoms with Crippen LogP contribution in [0.25, 0.3) is 0 Å². The molecule has 0 aliphatic heterocycles. The van der Waals surface area contributed by atoms with Gasteiger partial charge in [-0.3, -0.25) is 19.2 Å². The first-order valence-corrected chi connectivity index (χ1v) is 8.36. The van der Waals surface area contributed by atoms with Crippen LogP contribution in [0.15, 0.2) is 24.3 Å². The van der Waals surface area contributed by atoms with Gasteiger partial charge >= 0.3 is 5.97 Å². The Kier molecular flexibility index (Phi) is 8.27. The number of carbonyl (C=O) groups excluding carboxylic acids is 4. The Morgan fingerprint density at radius 1 is 1.08 bits per heavy atom. The second kappa shape index (κ2) is 10.2. The van der Waals surface area contributed by atoms with Crippen molar-refractivity contribution in [3.63, 3.8) is 0 Å². The van der Waals surface area contributed by atoms with Crippen molar-refractivity contribution in [1.82, 2.24) is 5.32 Å². The fourth-order valence-corrected chi connectivity index (χ4v) is 1.93. The normalized spacial score (nSPS) is 11.5. The summed E-state index contributed by atoms with van der Waals surface area (Å²) in [4.78, 5) is 46.3. The van der Waals surface area contributed by atoms with Gasteiger partial charge in [0.15, 0.2) is 6.10 Å². The van der Waals surface area contributed by atoms with E-state index in [0.29, 0.717) is 23.6 Å². The molecule has 4 N–H and O–H groups in total. The zero-order valence-corrected chi connectivity index (χ0v) is 15.2. The van der Waals surface area contributed by atoms with Gasteiger partial charge in [-0.15, -0.1) is 0 Å². The first-order valence-electron chi connectivity index (χ1n) is 8.36. The lowest BCUT2D eigenvalue weighted by Crippen LogP contribution is -2.35. The molecule has 1 unspecified atom stereocenters. The van der Waals surface area contributed by atoms with Crippen molar-refractivity contribution >= 4 is 29.4 Å². The van der Waals surface area contributed by atoms with E-state index in [0.717, 1.165) is 6.42 Å². The summed E-state index contributed by atoms with van der Waals surface area (Å²) in [6, 6.07) is 5.98. The van der Waals surface area contributed by atoms with Crippen molar-refractivity contribution < 1.29 is 23.9 Å². The van der Waals surface area contributed by atoms with Crippen LogP contribution >= 0.6 is 0 Å². The lowest BCUT2D eigenvalue weighted by atomic mass is 10.1. The molecular formula is C18H25N3O5. The molecule has 1 atom stereocenters. The van der Waals surface area contributed by atoms with Gasteiger partial charge in [-0.1, -0.05) is 13.8 Å². The maximum Gasteiger partial charge on any atom is 0.326 e. The Hall–Kier alpha value is -2.90. The molecule has 0 aromatic heterocycles. The Bertz CT molecular complexity index is 655. The number of hydrogen-bond donors (Lipinski definition) is 3. The fourth-order valence-electron chi connectivity index (χ4n) is 1.93. The number of amides is 3. The molecule has 0 fully saturated rings. The van der Waals surface area contributed by atoms with Crippen molar-refractivity contribution in [2.45, 2.75) is 39.7 Å². The minimum Gasteiger partial charge on any atom is -0.451 e. The molecule has 0 radical (unpaired) electrons. The van der Waals surface area contributed by atoms with Crippen LogP contribution in [-0.2, 0) is 19.1 Å². The van der Waals surface area contributed by atoms with Gasteiger partial charge in [0.05, 0.1) is 0 Å². The number of hydrogen-bond acceptors (Lipinski definition) is 5. The quantitative estimate of drug-likeness (QED) is 0.568. The fraction of sp³-hybridized carbons (Fsp3) is 0.444. The number of nitrogens with two attached hydrogens (primary N) is 1. The van der Waals surface area contributed by atoms with E-state index >= 15 is 0 Å². The third-order valence-corrected chi connectivity index (χ3v) is 3.49. The van der Waals surface area contributed by atoms with Gasteiger partial charge in [-0.25, -0.2) is 0 Å². The van der Waals surface area contributed by atoms with Gasteiger partial charge in [-0.05, 0) is 43.5 Å². The Balaban J connectivity index is 2.40. The second-order valence-electron chi connectivity index (χ2n) is 6.27. The van der Waals surface area contributed by atoms with Crippen LogP contribution in [0.3, 0.4) is 0 Å². The van der Waals surface area contributed by atoms with E-state index in [9.17, 15) is 19.2 Å². The van der Waals surface area contributed by atoms with Crippen molar-refractivity contribution in [2.75, 3.05) is 11.9 Å². The summed E-state index contributed by atoms with van der Waals surface area (Å²) in [5, 5.41) is 5.01. The topological polar surface area (TPSA) is 128 Å². The highest BCUT2D eigenvalue weighted by molar-refractivity contribution is 5.97. The summed E-state index contributed by atoms with van der Waals surface area (Å²) >= 11 is 0. The molecule has 26 heavy (non-hydrogen) atoms. The van der Waals surface area contributed by atoms with Crippen molar-refractivity contribution in [2.24, 2.45) is 11.7 Å². The summed E-state index contributed by atoms with van der Waals surface area (Å²) in [6.45, 7) is 5.14. The van der Waals surface area contributed by atoms with E-state index in [1.165, 1.54) is 31.2 Å². The van der Waals surface area contributed by atoms with E-state index < -0.39 is 23.9 Å². The van der Waals surface area contributed by atoms with Crippen LogP contribution in [0.5, 0.6) is 0 Å². The highest BCUT2D eigenvalue weighted by Gasteiger charge is 2.18. The van der Waals surface area contributed by atoms with Crippen molar-refractivity contribution in [1.29, 1.82) is 0 Å². The molecule has 0 saturated heterocycles. The number of carbonyl (C=O) groups is 4. The first-order chi connectivity index (χ1) is 12.2.